The lowest BCUT2D eigenvalue weighted by Gasteiger charge is -2.17. The molecule has 1 aliphatic carbocycles. The molecule has 1 fully saturated rings. The van der Waals surface area contributed by atoms with Crippen LogP contribution in [-0.4, -0.2) is 25.2 Å². The number of methoxy groups -OCH3 is 1. The number of benzene rings is 1. The maximum atomic E-state index is 11.9. The van der Waals surface area contributed by atoms with E-state index in [0.717, 1.165) is 18.6 Å². The fraction of sp³-hybridized carbons (Fsp3) is 0.500. The molecule has 1 unspecified atom stereocenters. The van der Waals surface area contributed by atoms with Crippen LogP contribution in [0.25, 0.3) is 0 Å². The molecule has 1 saturated carbocycles. The molecule has 1 aromatic carbocycles. The Labute approximate surface area is 107 Å². The van der Waals surface area contributed by atoms with E-state index in [2.05, 4.69) is 5.32 Å². The molecule has 0 heterocycles. The number of rotatable bonds is 6. The molecular weight excluding hydrogens is 230 g/mol. The van der Waals surface area contributed by atoms with Crippen LogP contribution in [0.3, 0.4) is 0 Å². The van der Waals surface area contributed by atoms with E-state index in [-0.39, 0.29) is 5.91 Å². The summed E-state index contributed by atoms with van der Waals surface area (Å²) in [7, 11) is 1.62. The average Bonchev–Trinajstić information content (AvgIpc) is 3.20. The maximum absolute atomic E-state index is 11.9. The Morgan fingerprint density at radius 2 is 1.94 bits per heavy atom. The summed E-state index contributed by atoms with van der Waals surface area (Å²) >= 11 is 0. The summed E-state index contributed by atoms with van der Waals surface area (Å²) < 4.78 is 10.8. The van der Waals surface area contributed by atoms with Crippen molar-refractivity contribution < 1.29 is 14.3 Å². The van der Waals surface area contributed by atoms with Crippen LogP contribution in [0.4, 0.5) is 0 Å². The van der Waals surface area contributed by atoms with Gasteiger partial charge in [-0.1, -0.05) is 6.92 Å². The van der Waals surface area contributed by atoms with Crippen molar-refractivity contribution in [3.8, 4) is 11.5 Å². The Balaban J connectivity index is 1.93. The van der Waals surface area contributed by atoms with Gasteiger partial charge in [0.2, 0.25) is 0 Å². The second-order valence-electron chi connectivity index (χ2n) is 4.47. The Hall–Kier alpha value is -1.71. The quantitative estimate of drug-likeness (QED) is 0.840. The first-order chi connectivity index (χ1) is 8.72. The van der Waals surface area contributed by atoms with Gasteiger partial charge in [-0.15, -0.1) is 0 Å². The van der Waals surface area contributed by atoms with Gasteiger partial charge in [0.05, 0.1) is 7.11 Å². The van der Waals surface area contributed by atoms with Gasteiger partial charge in [-0.25, -0.2) is 0 Å². The lowest BCUT2D eigenvalue weighted by molar-refractivity contribution is -0.128. The number of carbonyl (C=O) groups excluding carboxylic acids is 1. The Bertz CT molecular complexity index is 398. The molecule has 0 radical (unpaired) electrons. The number of nitrogens with one attached hydrogen (secondary N) is 1. The first kappa shape index (κ1) is 12.7. The van der Waals surface area contributed by atoms with E-state index in [1.54, 1.807) is 7.11 Å². The second-order valence-corrected chi connectivity index (χ2v) is 4.47. The number of carbonyl (C=O) groups is 1. The van der Waals surface area contributed by atoms with Crippen molar-refractivity contribution in [3.05, 3.63) is 24.3 Å². The van der Waals surface area contributed by atoms with Crippen molar-refractivity contribution in [1.29, 1.82) is 0 Å². The highest BCUT2D eigenvalue weighted by molar-refractivity contribution is 5.81. The lowest BCUT2D eigenvalue weighted by Crippen LogP contribution is -2.39. The van der Waals surface area contributed by atoms with Gasteiger partial charge in [-0.05, 0) is 43.5 Å². The largest absolute Gasteiger partial charge is 0.497 e. The molecule has 0 bridgehead atoms. The topological polar surface area (TPSA) is 47.6 Å². The van der Waals surface area contributed by atoms with Gasteiger partial charge in [0.15, 0.2) is 6.10 Å². The number of hydrogen-bond acceptors (Lipinski definition) is 3. The van der Waals surface area contributed by atoms with Gasteiger partial charge in [0, 0.05) is 6.04 Å². The molecule has 0 aliphatic heterocycles. The fourth-order valence-electron chi connectivity index (χ4n) is 1.66. The molecule has 0 saturated heterocycles. The molecule has 0 aromatic heterocycles. The minimum atomic E-state index is -0.418. The zero-order chi connectivity index (χ0) is 13.0. The van der Waals surface area contributed by atoms with Gasteiger partial charge < -0.3 is 14.8 Å². The predicted molar refractivity (Wildman–Crippen MR) is 68.9 cm³/mol. The first-order valence-corrected chi connectivity index (χ1v) is 6.34. The van der Waals surface area contributed by atoms with E-state index in [1.807, 2.05) is 31.2 Å². The van der Waals surface area contributed by atoms with Crippen LogP contribution in [0.2, 0.25) is 0 Å². The van der Waals surface area contributed by atoms with Crippen molar-refractivity contribution >= 4 is 5.91 Å². The number of amides is 1. The minimum Gasteiger partial charge on any atom is -0.497 e. The van der Waals surface area contributed by atoms with Crippen LogP contribution in [0.5, 0.6) is 11.5 Å². The van der Waals surface area contributed by atoms with E-state index >= 15 is 0 Å². The lowest BCUT2D eigenvalue weighted by atomic mass is 10.2. The molecule has 18 heavy (non-hydrogen) atoms. The Kier molecular flexibility index (Phi) is 4.07. The molecule has 4 nitrogen and oxygen atoms in total. The fourth-order valence-corrected chi connectivity index (χ4v) is 1.66. The van der Waals surface area contributed by atoms with Gasteiger partial charge in [0.1, 0.15) is 11.5 Å². The van der Waals surface area contributed by atoms with Crippen molar-refractivity contribution in [2.24, 2.45) is 0 Å². The summed E-state index contributed by atoms with van der Waals surface area (Å²) in [5.41, 5.74) is 0. The van der Waals surface area contributed by atoms with Crippen LogP contribution in [0, 0.1) is 0 Å². The van der Waals surface area contributed by atoms with Crippen molar-refractivity contribution in [2.75, 3.05) is 7.11 Å². The molecule has 1 atom stereocenters. The van der Waals surface area contributed by atoms with E-state index in [9.17, 15) is 4.79 Å². The second kappa shape index (κ2) is 5.76. The van der Waals surface area contributed by atoms with Crippen LogP contribution < -0.4 is 14.8 Å². The summed E-state index contributed by atoms with van der Waals surface area (Å²) in [4.78, 5) is 11.9. The molecule has 1 N–H and O–H groups in total. The molecule has 1 amide bonds. The van der Waals surface area contributed by atoms with Crippen LogP contribution in [-0.2, 0) is 4.79 Å². The summed E-state index contributed by atoms with van der Waals surface area (Å²) in [5.74, 6) is 1.45. The van der Waals surface area contributed by atoms with E-state index in [0.29, 0.717) is 18.2 Å². The van der Waals surface area contributed by atoms with Gasteiger partial charge in [0.25, 0.3) is 5.91 Å². The molecule has 1 aliphatic rings. The van der Waals surface area contributed by atoms with E-state index < -0.39 is 6.10 Å². The van der Waals surface area contributed by atoms with Crippen molar-refractivity contribution in [3.63, 3.8) is 0 Å². The first-order valence-electron chi connectivity index (χ1n) is 6.34. The van der Waals surface area contributed by atoms with Crippen molar-refractivity contribution in [1.82, 2.24) is 5.32 Å². The van der Waals surface area contributed by atoms with Crippen molar-refractivity contribution in [2.45, 2.75) is 38.3 Å². The highest BCUT2D eigenvalue weighted by Gasteiger charge is 2.27. The highest BCUT2D eigenvalue weighted by Crippen LogP contribution is 2.21. The smallest absolute Gasteiger partial charge is 0.261 e. The summed E-state index contributed by atoms with van der Waals surface area (Å²) in [6, 6.07) is 7.63. The van der Waals surface area contributed by atoms with Crippen LogP contribution in [0.15, 0.2) is 24.3 Å². The van der Waals surface area contributed by atoms with E-state index in [4.69, 9.17) is 9.47 Å². The minimum absolute atomic E-state index is 0.0178. The number of ether oxygens (including phenoxy) is 2. The Morgan fingerprint density at radius 3 is 2.44 bits per heavy atom. The molecule has 4 heteroatoms. The van der Waals surface area contributed by atoms with Gasteiger partial charge in [-0.2, -0.15) is 0 Å². The SMILES string of the molecule is CCC(Oc1ccc(OC)cc1)C(=O)NC1CC1. The molecule has 1 aromatic rings. The van der Waals surface area contributed by atoms with Gasteiger partial charge in [-0.3, -0.25) is 4.79 Å². The maximum Gasteiger partial charge on any atom is 0.261 e. The molecule has 2 rings (SSSR count). The van der Waals surface area contributed by atoms with E-state index in [1.165, 1.54) is 0 Å². The molecular formula is C14H19NO3. The Morgan fingerprint density at radius 1 is 1.33 bits per heavy atom. The third-order valence-electron chi connectivity index (χ3n) is 2.92. The normalized spacial score (nSPS) is 15.9. The molecule has 98 valence electrons. The molecule has 0 spiro atoms. The third-order valence-corrected chi connectivity index (χ3v) is 2.92. The number of hydrogen-bond donors (Lipinski definition) is 1. The third kappa shape index (κ3) is 3.39. The monoisotopic (exact) mass is 249 g/mol. The average molecular weight is 249 g/mol. The summed E-state index contributed by atoms with van der Waals surface area (Å²) in [6.07, 6.45) is 2.42. The summed E-state index contributed by atoms with van der Waals surface area (Å²) in [5, 5.41) is 2.96. The predicted octanol–water partition coefficient (Wildman–Crippen LogP) is 2.13. The van der Waals surface area contributed by atoms with Crippen LogP contribution in [0.1, 0.15) is 26.2 Å². The van der Waals surface area contributed by atoms with Gasteiger partial charge >= 0.3 is 0 Å². The zero-order valence-electron chi connectivity index (χ0n) is 10.8. The zero-order valence-corrected chi connectivity index (χ0v) is 10.8. The standard InChI is InChI=1S/C14H19NO3/c1-3-13(14(16)15-10-4-5-10)18-12-8-6-11(17-2)7-9-12/h6-10,13H,3-5H2,1-2H3,(H,15,16). The van der Waals surface area contributed by atoms with Crippen LogP contribution >= 0.6 is 0 Å². The highest BCUT2D eigenvalue weighted by atomic mass is 16.5. The summed E-state index contributed by atoms with van der Waals surface area (Å²) in [6.45, 7) is 1.95.